The number of aryl methyl sites for hydroxylation is 2. The normalized spacial score (nSPS) is 12.2. The zero-order valence-electron chi connectivity index (χ0n) is 17.3. The molecule has 0 bridgehead atoms. The van der Waals surface area contributed by atoms with Crippen molar-refractivity contribution < 1.29 is 19.3 Å². The summed E-state index contributed by atoms with van der Waals surface area (Å²) in [6.45, 7) is 1.17. The molecule has 0 aliphatic rings. The number of methoxy groups -OCH3 is 1. The Hall–Kier alpha value is -2.08. The summed E-state index contributed by atoms with van der Waals surface area (Å²) in [4.78, 5) is 1.95. The quantitative estimate of drug-likeness (QED) is 0.421. The minimum absolute atomic E-state index is 0.267. The van der Waals surface area contributed by atoms with Crippen LogP contribution in [0.15, 0.2) is 48.5 Å². The zero-order chi connectivity index (χ0) is 20.2. The van der Waals surface area contributed by atoms with E-state index in [0.717, 1.165) is 37.2 Å². The fourth-order valence-electron chi connectivity index (χ4n) is 3.07. The lowest BCUT2D eigenvalue weighted by Gasteiger charge is -2.18. The highest BCUT2D eigenvalue weighted by molar-refractivity contribution is 5.33. The van der Waals surface area contributed by atoms with Gasteiger partial charge in [-0.25, -0.2) is 0 Å². The van der Waals surface area contributed by atoms with E-state index in [1.54, 1.807) is 7.11 Å². The molecule has 1 atom stereocenters. The molecule has 0 saturated heterocycles. The number of hydrogen-bond acceptors (Lipinski definition) is 5. The van der Waals surface area contributed by atoms with Gasteiger partial charge < -0.3 is 24.2 Å². The highest BCUT2D eigenvalue weighted by Gasteiger charge is 2.09. The van der Waals surface area contributed by atoms with Gasteiger partial charge in [-0.1, -0.05) is 30.3 Å². The van der Waals surface area contributed by atoms with Crippen LogP contribution in [-0.4, -0.2) is 57.3 Å². The number of nitrogens with zero attached hydrogens (tertiary/aromatic N) is 1. The molecular weight excluding hydrogens is 354 g/mol. The molecule has 2 aromatic rings. The van der Waals surface area contributed by atoms with Crippen LogP contribution in [0.3, 0.4) is 0 Å². The molecule has 0 spiro atoms. The Kier molecular flexibility index (Phi) is 9.83. The standard InChI is InChI=1S/C23H33NO4/c1-24(2)16-21(25)17-27-23-14-7-6-12-20(23)11-5-4-9-19-10-8-13-22(15-19)28-18-26-3/h6-8,10,12-15,21,25H,4-5,9,11,16-18H2,1-3H3. The Labute approximate surface area is 168 Å². The predicted molar refractivity (Wildman–Crippen MR) is 112 cm³/mol. The van der Waals surface area contributed by atoms with Gasteiger partial charge >= 0.3 is 0 Å². The van der Waals surface area contributed by atoms with Gasteiger partial charge in [-0.05, 0) is 69.1 Å². The third-order valence-electron chi connectivity index (χ3n) is 4.38. The molecular formula is C23H33NO4. The maximum atomic E-state index is 10.0. The Morgan fingerprint density at radius 2 is 1.75 bits per heavy atom. The number of rotatable bonds is 13. The Balaban J connectivity index is 1.78. The molecule has 5 heteroatoms. The molecule has 1 unspecified atom stereocenters. The molecule has 0 heterocycles. The molecule has 154 valence electrons. The Morgan fingerprint density at radius 1 is 0.964 bits per heavy atom. The topological polar surface area (TPSA) is 51.2 Å². The van der Waals surface area contributed by atoms with Gasteiger partial charge in [-0.15, -0.1) is 0 Å². The highest BCUT2D eigenvalue weighted by atomic mass is 16.7. The average molecular weight is 388 g/mol. The van der Waals surface area contributed by atoms with Gasteiger partial charge in [0.05, 0.1) is 0 Å². The van der Waals surface area contributed by atoms with E-state index < -0.39 is 6.10 Å². The molecule has 2 aromatic carbocycles. The Morgan fingerprint density at radius 3 is 2.54 bits per heavy atom. The maximum absolute atomic E-state index is 10.0. The monoisotopic (exact) mass is 387 g/mol. The van der Waals surface area contributed by atoms with Crippen molar-refractivity contribution in [1.29, 1.82) is 0 Å². The van der Waals surface area contributed by atoms with E-state index in [1.807, 2.05) is 49.3 Å². The molecule has 5 nitrogen and oxygen atoms in total. The van der Waals surface area contributed by atoms with Crippen LogP contribution in [0.2, 0.25) is 0 Å². The average Bonchev–Trinajstić information content (AvgIpc) is 2.68. The summed E-state index contributed by atoms with van der Waals surface area (Å²) in [5, 5.41) is 10.0. The van der Waals surface area contributed by atoms with Gasteiger partial charge in [-0.3, -0.25) is 0 Å². The van der Waals surface area contributed by atoms with E-state index in [9.17, 15) is 5.11 Å². The number of aliphatic hydroxyl groups excluding tert-OH is 1. The van der Waals surface area contributed by atoms with Crippen LogP contribution < -0.4 is 9.47 Å². The number of para-hydroxylation sites is 1. The lowest BCUT2D eigenvalue weighted by Crippen LogP contribution is -2.30. The number of aliphatic hydroxyl groups is 1. The summed E-state index contributed by atoms with van der Waals surface area (Å²) < 4.78 is 16.3. The molecule has 0 aliphatic carbocycles. The largest absolute Gasteiger partial charge is 0.491 e. The van der Waals surface area contributed by atoms with Gasteiger partial charge in [0.15, 0.2) is 6.79 Å². The van der Waals surface area contributed by atoms with Gasteiger partial charge in [0.1, 0.15) is 24.2 Å². The molecule has 28 heavy (non-hydrogen) atoms. The first kappa shape index (κ1) is 22.2. The molecule has 0 radical (unpaired) electrons. The lowest BCUT2D eigenvalue weighted by atomic mass is 10.0. The van der Waals surface area contributed by atoms with Crippen molar-refractivity contribution in [3.63, 3.8) is 0 Å². The third-order valence-corrected chi connectivity index (χ3v) is 4.38. The number of hydrogen-bond donors (Lipinski definition) is 1. The van der Waals surface area contributed by atoms with Crippen LogP contribution in [0.1, 0.15) is 24.0 Å². The molecule has 0 saturated carbocycles. The molecule has 2 rings (SSSR count). The highest BCUT2D eigenvalue weighted by Crippen LogP contribution is 2.21. The van der Waals surface area contributed by atoms with Crippen molar-refractivity contribution in [3.8, 4) is 11.5 Å². The number of benzene rings is 2. The van der Waals surface area contributed by atoms with Crippen LogP contribution >= 0.6 is 0 Å². The SMILES string of the molecule is COCOc1cccc(CCCCc2ccccc2OCC(O)CN(C)C)c1. The number of ether oxygens (including phenoxy) is 3. The summed E-state index contributed by atoms with van der Waals surface area (Å²) in [6, 6.07) is 16.3. The van der Waals surface area contributed by atoms with Crippen LogP contribution in [0.5, 0.6) is 11.5 Å². The van der Waals surface area contributed by atoms with E-state index in [-0.39, 0.29) is 6.79 Å². The van der Waals surface area contributed by atoms with E-state index >= 15 is 0 Å². The smallest absolute Gasteiger partial charge is 0.188 e. The summed E-state index contributed by atoms with van der Waals surface area (Å²) in [7, 11) is 5.50. The predicted octanol–water partition coefficient (Wildman–Crippen LogP) is 3.54. The second kappa shape index (κ2) is 12.4. The second-order valence-electron chi connectivity index (χ2n) is 7.24. The number of likely N-dealkylation sites (N-methyl/N-ethyl adjacent to an activating group) is 1. The molecule has 0 amide bonds. The van der Waals surface area contributed by atoms with Gasteiger partial charge in [0.25, 0.3) is 0 Å². The first-order chi connectivity index (χ1) is 13.6. The summed E-state index contributed by atoms with van der Waals surface area (Å²) in [6.07, 6.45) is 3.64. The first-order valence-corrected chi connectivity index (χ1v) is 9.82. The van der Waals surface area contributed by atoms with Crippen molar-refractivity contribution in [3.05, 3.63) is 59.7 Å². The van der Waals surface area contributed by atoms with Crippen molar-refractivity contribution in [2.75, 3.05) is 41.1 Å². The van der Waals surface area contributed by atoms with Crippen LogP contribution in [-0.2, 0) is 17.6 Å². The van der Waals surface area contributed by atoms with Crippen molar-refractivity contribution in [2.24, 2.45) is 0 Å². The number of unbranched alkanes of at least 4 members (excludes halogenated alkanes) is 1. The van der Waals surface area contributed by atoms with E-state index in [4.69, 9.17) is 14.2 Å². The van der Waals surface area contributed by atoms with Crippen molar-refractivity contribution in [2.45, 2.75) is 31.8 Å². The lowest BCUT2D eigenvalue weighted by molar-refractivity contribution is 0.0511. The van der Waals surface area contributed by atoms with Gasteiger partial charge in [0.2, 0.25) is 0 Å². The van der Waals surface area contributed by atoms with E-state index in [1.165, 1.54) is 11.1 Å². The van der Waals surface area contributed by atoms with E-state index in [2.05, 4.69) is 18.2 Å². The first-order valence-electron chi connectivity index (χ1n) is 9.82. The minimum atomic E-state index is -0.490. The van der Waals surface area contributed by atoms with Crippen LogP contribution in [0.25, 0.3) is 0 Å². The molecule has 0 aliphatic heterocycles. The second-order valence-corrected chi connectivity index (χ2v) is 7.24. The van der Waals surface area contributed by atoms with E-state index in [0.29, 0.717) is 13.2 Å². The minimum Gasteiger partial charge on any atom is -0.491 e. The maximum Gasteiger partial charge on any atom is 0.188 e. The van der Waals surface area contributed by atoms with Gasteiger partial charge in [0, 0.05) is 13.7 Å². The molecule has 0 aromatic heterocycles. The third kappa shape index (κ3) is 8.30. The molecule has 0 fully saturated rings. The Bertz CT molecular complexity index is 690. The van der Waals surface area contributed by atoms with Crippen LogP contribution in [0.4, 0.5) is 0 Å². The van der Waals surface area contributed by atoms with Crippen molar-refractivity contribution >= 4 is 0 Å². The molecule has 1 N–H and O–H groups in total. The summed E-state index contributed by atoms with van der Waals surface area (Å²) in [5.41, 5.74) is 2.46. The fraction of sp³-hybridized carbons (Fsp3) is 0.478. The summed E-state index contributed by atoms with van der Waals surface area (Å²) in [5.74, 6) is 1.71. The van der Waals surface area contributed by atoms with Gasteiger partial charge in [-0.2, -0.15) is 0 Å². The zero-order valence-corrected chi connectivity index (χ0v) is 17.3. The summed E-state index contributed by atoms with van der Waals surface area (Å²) >= 11 is 0. The van der Waals surface area contributed by atoms with Crippen molar-refractivity contribution in [1.82, 2.24) is 4.90 Å². The fourth-order valence-corrected chi connectivity index (χ4v) is 3.07. The van der Waals surface area contributed by atoms with Crippen LogP contribution in [0, 0.1) is 0 Å².